The molecule has 208 valence electrons. The quantitative estimate of drug-likeness (QED) is 0.189. The summed E-state index contributed by atoms with van der Waals surface area (Å²) >= 11 is 9.40. The Labute approximate surface area is 238 Å². The molecule has 0 atom stereocenters. The Morgan fingerprint density at radius 3 is 2.60 bits per heavy atom. The first-order chi connectivity index (χ1) is 19.1. The van der Waals surface area contributed by atoms with Crippen LogP contribution < -0.4 is 20.7 Å². The molecule has 2 aromatic carbocycles. The average Bonchev–Trinajstić information content (AvgIpc) is 3.44. The third-order valence-electron chi connectivity index (χ3n) is 4.87. The Kier molecular flexibility index (Phi) is 9.34. The minimum Gasteiger partial charge on any atom is -0.493 e. The summed E-state index contributed by atoms with van der Waals surface area (Å²) in [5.41, 5.74) is 2.15. The van der Waals surface area contributed by atoms with Gasteiger partial charge in [0.15, 0.2) is 5.82 Å². The summed E-state index contributed by atoms with van der Waals surface area (Å²) < 4.78 is 37.7. The van der Waals surface area contributed by atoms with Crippen LogP contribution in [0.3, 0.4) is 0 Å². The van der Waals surface area contributed by atoms with Crippen LogP contribution in [0.2, 0.25) is 5.02 Å². The maximum Gasteiger partial charge on any atom is 0.490 e. The number of amides is 1. The zero-order valence-electron chi connectivity index (χ0n) is 20.2. The number of rotatable bonds is 2. The van der Waals surface area contributed by atoms with E-state index in [4.69, 9.17) is 26.2 Å². The van der Waals surface area contributed by atoms with E-state index in [1.54, 1.807) is 30.0 Å². The van der Waals surface area contributed by atoms with Gasteiger partial charge >= 0.3 is 12.1 Å². The molecule has 4 aromatic rings. The number of carboxylic acid groups (broad SMARTS) is 1. The van der Waals surface area contributed by atoms with Crippen molar-refractivity contribution in [2.75, 3.05) is 28.3 Å². The number of hydrogen-bond donors (Lipinski definition) is 4. The Hall–Kier alpha value is -4.01. The van der Waals surface area contributed by atoms with E-state index in [0.29, 0.717) is 45.4 Å². The number of carbonyl (C=O) groups excluding carboxylic acids is 1. The number of alkyl halides is 3. The van der Waals surface area contributed by atoms with E-state index in [-0.39, 0.29) is 5.91 Å². The number of nitrogens with zero attached hydrogens (tertiary/aromatic N) is 2. The lowest BCUT2D eigenvalue weighted by molar-refractivity contribution is -0.192. The summed E-state index contributed by atoms with van der Waals surface area (Å²) in [6, 6.07) is 17.1. The summed E-state index contributed by atoms with van der Waals surface area (Å²) in [7, 11) is 0. The van der Waals surface area contributed by atoms with Crippen molar-refractivity contribution < 1.29 is 32.6 Å². The smallest absolute Gasteiger partial charge is 0.490 e. The van der Waals surface area contributed by atoms with Crippen LogP contribution in [0.4, 0.5) is 42.0 Å². The topological polar surface area (TPSA) is 125 Å². The number of fused-ring (bicyclic) bond motifs is 6. The first-order valence-corrected chi connectivity index (χ1v) is 13.5. The van der Waals surface area contributed by atoms with Gasteiger partial charge in [0, 0.05) is 39.8 Å². The number of carbonyl (C=O) groups is 2. The van der Waals surface area contributed by atoms with Crippen molar-refractivity contribution in [3.05, 3.63) is 76.1 Å². The van der Waals surface area contributed by atoms with E-state index >= 15 is 0 Å². The molecule has 0 unspecified atom stereocenters. The van der Waals surface area contributed by atoms with Gasteiger partial charge in [-0.05, 0) is 35.7 Å². The van der Waals surface area contributed by atoms with E-state index in [2.05, 4.69) is 25.9 Å². The number of aliphatic carboxylic acids is 1. The molecule has 0 saturated carbocycles. The molecule has 0 fully saturated rings. The fourth-order valence-corrected chi connectivity index (χ4v) is 4.74. The molecular formula is C25H19ClF3N5O4S2. The molecule has 1 amide bonds. The fraction of sp³-hybridized carbons (Fsp3) is 0.120. The monoisotopic (exact) mass is 609 g/mol. The van der Waals surface area contributed by atoms with Crippen LogP contribution in [0.15, 0.2) is 71.1 Å². The molecule has 0 radical (unpaired) electrons. The number of hydrogen-bond acceptors (Lipinski definition) is 9. The molecule has 0 spiro atoms. The van der Waals surface area contributed by atoms with Crippen molar-refractivity contribution in [3.63, 3.8) is 0 Å². The van der Waals surface area contributed by atoms with Gasteiger partial charge in [-0.3, -0.25) is 4.79 Å². The Morgan fingerprint density at radius 1 is 1.07 bits per heavy atom. The van der Waals surface area contributed by atoms with Crippen molar-refractivity contribution in [2.24, 2.45) is 0 Å². The molecule has 3 heterocycles. The third-order valence-corrected chi connectivity index (χ3v) is 6.97. The van der Waals surface area contributed by atoms with Crippen LogP contribution in [0, 0.1) is 0 Å². The molecule has 5 rings (SSSR count). The van der Waals surface area contributed by atoms with Gasteiger partial charge in [0.25, 0.3) is 5.91 Å². The van der Waals surface area contributed by atoms with Crippen LogP contribution >= 0.6 is 34.7 Å². The van der Waals surface area contributed by atoms with Crippen molar-refractivity contribution in [3.8, 4) is 5.75 Å². The molecule has 1 aliphatic rings. The maximum absolute atomic E-state index is 12.6. The number of thioether (sulfide) groups is 1. The maximum atomic E-state index is 12.6. The summed E-state index contributed by atoms with van der Waals surface area (Å²) in [5, 5.41) is 18.8. The highest BCUT2D eigenvalue weighted by molar-refractivity contribution is 7.99. The van der Waals surface area contributed by atoms with Crippen molar-refractivity contribution in [1.29, 1.82) is 0 Å². The second-order valence-electron chi connectivity index (χ2n) is 7.85. The number of halogens is 4. The minimum atomic E-state index is -5.08. The van der Waals surface area contributed by atoms with Crippen LogP contribution in [0.25, 0.3) is 0 Å². The van der Waals surface area contributed by atoms with Crippen molar-refractivity contribution >= 4 is 75.4 Å². The van der Waals surface area contributed by atoms with Crippen LogP contribution in [0.1, 0.15) is 9.67 Å². The minimum absolute atomic E-state index is 0.178. The predicted molar refractivity (Wildman–Crippen MR) is 149 cm³/mol. The number of ether oxygens (including phenoxy) is 1. The van der Waals surface area contributed by atoms with E-state index in [1.165, 1.54) is 17.5 Å². The third kappa shape index (κ3) is 8.24. The average molecular weight is 610 g/mol. The molecular weight excluding hydrogens is 591 g/mol. The van der Waals surface area contributed by atoms with E-state index in [0.717, 1.165) is 16.3 Å². The van der Waals surface area contributed by atoms with Gasteiger partial charge < -0.3 is 25.8 Å². The van der Waals surface area contributed by atoms with Gasteiger partial charge in [-0.2, -0.15) is 18.2 Å². The molecule has 2 aromatic heterocycles. The largest absolute Gasteiger partial charge is 0.493 e. The van der Waals surface area contributed by atoms with Gasteiger partial charge in [0.1, 0.15) is 10.8 Å². The normalized spacial score (nSPS) is 12.6. The second kappa shape index (κ2) is 12.9. The molecule has 9 nitrogen and oxygen atoms in total. The van der Waals surface area contributed by atoms with Gasteiger partial charge in [0.2, 0.25) is 5.95 Å². The highest BCUT2D eigenvalue weighted by Gasteiger charge is 2.38. The summed E-state index contributed by atoms with van der Waals surface area (Å²) in [6.07, 6.45) is -3.55. The van der Waals surface area contributed by atoms with Gasteiger partial charge in [-0.15, -0.1) is 23.1 Å². The lowest BCUT2D eigenvalue weighted by atomic mass is 10.2. The standard InChI is InChI=1S/C23H18ClN5O2S2.C2HF3O2/c24-19-13-25-23-28-16-9-15(27-22(30)20-5-2-7-33-20)10-17(11-16)31-6-8-32-18-4-1-3-14(12-18)26-21(19)29-23;3-2(4,5)1(6)7/h1-5,7,9-13H,6,8H2,(H,27,30)(H2,25,26,28,29);(H,6,7). The van der Waals surface area contributed by atoms with Gasteiger partial charge in [-0.1, -0.05) is 23.7 Å². The molecule has 6 bridgehead atoms. The van der Waals surface area contributed by atoms with E-state index in [1.807, 2.05) is 41.8 Å². The first-order valence-electron chi connectivity index (χ1n) is 11.3. The van der Waals surface area contributed by atoms with E-state index in [9.17, 15) is 18.0 Å². The number of benzene rings is 2. The lowest BCUT2D eigenvalue weighted by Crippen LogP contribution is -2.21. The molecule has 15 heteroatoms. The zero-order valence-corrected chi connectivity index (χ0v) is 22.5. The number of aromatic nitrogens is 2. The summed E-state index contributed by atoms with van der Waals surface area (Å²) in [6.45, 7) is 0.500. The summed E-state index contributed by atoms with van der Waals surface area (Å²) in [5.74, 6) is -0.708. The second-order valence-corrected chi connectivity index (χ2v) is 10.4. The number of thiophene rings is 1. The fourth-order valence-electron chi connectivity index (χ4n) is 3.19. The number of anilines is 5. The Balaban J connectivity index is 0.000000470. The lowest BCUT2D eigenvalue weighted by Gasteiger charge is -2.13. The SMILES string of the molecule is O=C(Nc1cc2cc(c1)OCCSc1cccc(c1)Nc1nc(ncc1Cl)N2)c1cccs1.O=C(O)C(F)(F)F. The van der Waals surface area contributed by atoms with Crippen molar-refractivity contribution in [1.82, 2.24) is 9.97 Å². The molecule has 40 heavy (non-hydrogen) atoms. The molecule has 0 saturated heterocycles. The van der Waals surface area contributed by atoms with Gasteiger partial charge in [0.05, 0.1) is 17.7 Å². The summed E-state index contributed by atoms with van der Waals surface area (Å²) in [4.78, 5) is 32.0. The Morgan fingerprint density at radius 2 is 1.88 bits per heavy atom. The van der Waals surface area contributed by atoms with Crippen LogP contribution in [0.5, 0.6) is 5.75 Å². The predicted octanol–water partition coefficient (Wildman–Crippen LogP) is 7.05. The number of nitrogens with one attached hydrogen (secondary N) is 3. The molecule has 1 aliphatic heterocycles. The van der Waals surface area contributed by atoms with Crippen LogP contribution in [-0.2, 0) is 4.79 Å². The highest BCUT2D eigenvalue weighted by atomic mass is 35.5. The Bertz CT molecular complexity index is 1510. The molecule has 0 aliphatic carbocycles. The van der Waals surface area contributed by atoms with E-state index < -0.39 is 12.1 Å². The molecule has 4 N–H and O–H groups in total. The highest BCUT2D eigenvalue weighted by Crippen LogP contribution is 2.31. The number of carboxylic acids is 1. The van der Waals surface area contributed by atoms with Crippen molar-refractivity contribution in [2.45, 2.75) is 11.1 Å². The zero-order chi connectivity index (χ0) is 28.7. The van der Waals surface area contributed by atoms with Crippen LogP contribution in [-0.4, -0.2) is 45.5 Å². The van der Waals surface area contributed by atoms with Gasteiger partial charge in [-0.25, -0.2) is 9.78 Å². The first kappa shape index (κ1) is 29.0.